The van der Waals surface area contributed by atoms with E-state index in [0.717, 1.165) is 0 Å². The molecule has 0 atom stereocenters. The second kappa shape index (κ2) is 10.6. The van der Waals surface area contributed by atoms with Crippen LogP contribution in [0.5, 0.6) is 0 Å². The van der Waals surface area contributed by atoms with Gasteiger partial charge in [0.1, 0.15) is 0 Å². The third-order valence-corrected chi connectivity index (χ3v) is 4.40. The first kappa shape index (κ1) is 24.6. The number of carboxylic acid groups (broad SMARTS) is 2. The molecule has 0 bridgehead atoms. The Morgan fingerprint density at radius 3 is 1.39 bits per heavy atom. The number of carboxylic acids is 2. The number of amides is 2. The van der Waals surface area contributed by atoms with E-state index >= 15 is 0 Å². The highest BCUT2D eigenvalue weighted by molar-refractivity contribution is 5.75. The Morgan fingerprint density at radius 1 is 0.774 bits per heavy atom. The maximum absolute atomic E-state index is 11.7. The molecular formula is C17H26N2O12. The highest BCUT2D eigenvalue weighted by Gasteiger charge is 2.42. The van der Waals surface area contributed by atoms with Gasteiger partial charge in [-0.25, -0.2) is 19.2 Å². The summed E-state index contributed by atoms with van der Waals surface area (Å²) >= 11 is 0. The SMILES string of the molecule is CC1(C(=O)O)OCC(OC(=O)NCCCNC(=O)OC2COC(C)(C(=O)O)OC2)CO1. The number of carbonyl (C=O) groups excluding carboxylic acids is 2. The fourth-order valence-corrected chi connectivity index (χ4v) is 2.43. The second-order valence-corrected chi connectivity index (χ2v) is 7.01. The summed E-state index contributed by atoms with van der Waals surface area (Å²) in [5.41, 5.74) is 0. The highest BCUT2D eigenvalue weighted by atomic mass is 16.7. The van der Waals surface area contributed by atoms with Gasteiger partial charge in [0.2, 0.25) is 0 Å². The minimum absolute atomic E-state index is 0.121. The average Bonchev–Trinajstić information content (AvgIpc) is 2.71. The number of carbonyl (C=O) groups is 4. The highest BCUT2D eigenvalue weighted by Crippen LogP contribution is 2.20. The van der Waals surface area contributed by atoms with E-state index in [0.29, 0.717) is 6.42 Å². The maximum Gasteiger partial charge on any atom is 0.407 e. The molecule has 0 aromatic heterocycles. The standard InChI is InChI=1S/C17H26N2O12/c1-16(12(20)21)26-6-10(7-27-16)30-14(24)18-4-3-5-19-15(25)31-11-8-28-17(2,13(22)23)29-9-11/h10-11H,3-9H2,1-2H3,(H,18,24)(H,19,25)(H,20,21)(H,22,23). The summed E-state index contributed by atoms with van der Waals surface area (Å²) < 4.78 is 30.3. The smallest absolute Gasteiger partial charge is 0.407 e. The monoisotopic (exact) mass is 450 g/mol. The summed E-state index contributed by atoms with van der Waals surface area (Å²) in [6.07, 6.45) is -2.60. The molecule has 0 saturated carbocycles. The van der Waals surface area contributed by atoms with Gasteiger partial charge in [-0.3, -0.25) is 0 Å². The largest absolute Gasteiger partial charge is 0.477 e. The lowest BCUT2D eigenvalue weighted by Gasteiger charge is -2.33. The third-order valence-electron chi connectivity index (χ3n) is 4.40. The van der Waals surface area contributed by atoms with Gasteiger partial charge >= 0.3 is 24.1 Å². The van der Waals surface area contributed by atoms with Crippen LogP contribution in [-0.2, 0) is 38.0 Å². The normalized spacial score (nSPS) is 30.6. The van der Waals surface area contributed by atoms with Crippen molar-refractivity contribution in [1.29, 1.82) is 0 Å². The number of hydrogen-bond acceptors (Lipinski definition) is 10. The Kier molecular flexibility index (Phi) is 8.38. The molecule has 0 unspecified atom stereocenters. The van der Waals surface area contributed by atoms with Crippen LogP contribution < -0.4 is 10.6 Å². The van der Waals surface area contributed by atoms with Gasteiger partial charge in [-0.15, -0.1) is 0 Å². The van der Waals surface area contributed by atoms with Crippen molar-refractivity contribution in [3.8, 4) is 0 Å². The van der Waals surface area contributed by atoms with Crippen LogP contribution in [0.15, 0.2) is 0 Å². The second-order valence-electron chi connectivity index (χ2n) is 7.01. The lowest BCUT2D eigenvalue weighted by atomic mass is 10.2. The van der Waals surface area contributed by atoms with E-state index in [4.69, 9.17) is 38.6 Å². The number of rotatable bonds is 8. The van der Waals surface area contributed by atoms with Gasteiger partial charge in [0.15, 0.2) is 12.2 Å². The molecule has 2 fully saturated rings. The maximum atomic E-state index is 11.7. The average molecular weight is 450 g/mol. The molecule has 14 heteroatoms. The van der Waals surface area contributed by atoms with Crippen LogP contribution in [0.3, 0.4) is 0 Å². The summed E-state index contributed by atoms with van der Waals surface area (Å²) in [5.74, 6) is -6.07. The fourth-order valence-electron chi connectivity index (χ4n) is 2.43. The molecule has 2 aliphatic heterocycles. The molecule has 176 valence electrons. The van der Waals surface area contributed by atoms with Gasteiger partial charge < -0.3 is 49.3 Å². The van der Waals surface area contributed by atoms with Crippen LogP contribution >= 0.6 is 0 Å². The van der Waals surface area contributed by atoms with Crippen LogP contribution in [0.4, 0.5) is 9.59 Å². The van der Waals surface area contributed by atoms with E-state index in [9.17, 15) is 19.2 Å². The first-order valence-corrected chi connectivity index (χ1v) is 9.45. The van der Waals surface area contributed by atoms with E-state index in [1.807, 2.05) is 0 Å². The summed E-state index contributed by atoms with van der Waals surface area (Å²) in [6.45, 7) is 2.40. The van der Waals surface area contributed by atoms with Crippen LogP contribution in [0, 0.1) is 0 Å². The Bertz CT molecular complexity index is 612. The van der Waals surface area contributed by atoms with E-state index in [1.54, 1.807) is 0 Å². The zero-order valence-electron chi connectivity index (χ0n) is 17.1. The first-order valence-electron chi connectivity index (χ1n) is 9.45. The van der Waals surface area contributed by atoms with E-state index in [2.05, 4.69) is 10.6 Å². The van der Waals surface area contributed by atoms with Crippen molar-refractivity contribution in [2.75, 3.05) is 39.5 Å². The van der Waals surface area contributed by atoms with Crippen LogP contribution in [0.25, 0.3) is 0 Å². The third kappa shape index (κ3) is 7.20. The number of nitrogens with one attached hydrogen (secondary N) is 2. The van der Waals surface area contributed by atoms with Crippen molar-refractivity contribution in [1.82, 2.24) is 10.6 Å². The predicted octanol–water partition coefficient (Wildman–Crippen LogP) is -0.739. The van der Waals surface area contributed by atoms with Crippen molar-refractivity contribution in [2.24, 2.45) is 0 Å². The van der Waals surface area contributed by atoms with Crippen LogP contribution in [-0.4, -0.2) is 97.6 Å². The van der Waals surface area contributed by atoms with Crippen molar-refractivity contribution in [3.05, 3.63) is 0 Å². The minimum Gasteiger partial charge on any atom is -0.477 e. The Morgan fingerprint density at radius 2 is 1.10 bits per heavy atom. The predicted molar refractivity (Wildman–Crippen MR) is 97.1 cm³/mol. The summed E-state index contributed by atoms with van der Waals surface area (Å²) in [5, 5.41) is 22.9. The number of alkyl carbamates (subject to hydrolysis) is 2. The Balaban J connectivity index is 1.52. The molecule has 0 radical (unpaired) electrons. The molecule has 0 aromatic rings. The molecule has 2 heterocycles. The van der Waals surface area contributed by atoms with Crippen molar-refractivity contribution in [3.63, 3.8) is 0 Å². The van der Waals surface area contributed by atoms with Gasteiger partial charge in [0, 0.05) is 26.9 Å². The van der Waals surface area contributed by atoms with Gasteiger partial charge in [-0.2, -0.15) is 0 Å². The molecule has 0 aromatic carbocycles. The van der Waals surface area contributed by atoms with E-state index in [-0.39, 0.29) is 39.5 Å². The van der Waals surface area contributed by atoms with Gasteiger partial charge in [-0.1, -0.05) is 0 Å². The fraction of sp³-hybridized carbons (Fsp3) is 0.765. The van der Waals surface area contributed by atoms with Gasteiger partial charge in [0.25, 0.3) is 11.6 Å². The molecule has 2 saturated heterocycles. The number of ether oxygens (including phenoxy) is 6. The molecular weight excluding hydrogens is 424 g/mol. The van der Waals surface area contributed by atoms with Crippen molar-refractivity contribution >= 4 is 24.1 Å². The summed E-state index contributed by atoms with van der Waals surface area (Å²) in [7, 11) is 0. The quantitative estimate of drug-likeness (QED) is 0.340. The molecule has 0 aliphatic carbocycles. The first-order chi connectivity index (χ1) is 14.5. The molecule has 2 rings (SSSR count). The lowest BCUT2D eigenvalue weighted by Crippen LogP contribution is -2.51. The van der Waals surface area contributed by atoms with Crippen molar-refractivity contribution in [2.45, 2.75) is 44.1 Å². The number of hydrogen-bond donors (Lipinski definition) is 4. The minimum atomic E-state index is -1.76. The van der Waals surface area contributed by atoms with Gasteiger partial charge in [0.05, 0.1) is 26.4 Å². The van der Waals surface area contributed by atoms with Crippen LogP contribution in [0.2, 0.25) is 0 Å². The Hall–Kier alpha value is -2.68. The zero-order valence-corrected chi connectivity index (χ0v) is 17.1. The molecule has 4 N–H and O–H groups in total. The summed E-state index contributed by atoms with van der Waals surface area (Å²) in [6, 6.07) is 0. The van der Waals surface area contributed by atoms with Gasteiger partial charge in [-0.05, 0) is 6.42 Å². The van der Waals surface area contributed by atoms with Crippen LogP contribution in [0.1, 0.15) is 20.3 Å². The Labute approximate surface area is 177 Å². The molecule has 2 aliphatic rings. The van der Waals surface area contributed by atoms with Crippen molar-refractivity contribution < 1.29 is 57.8 Å². The topological polar surface area (TPSA) is 188 Å². The molecule has 31 heavy (non-hydrogen) atoms. The molecule has 14 nitrogen and oxygen atoms in total. The molecule has 2 amide bonds. The summed E-state index contributed by atoms with van der Waals surface area (Å²) in [4.78, 5) is 45.4. The lowest BCUT2D eigenvalue weighted by molar-refractivity contribution is -0.278. The molecule has 0 spiro atoms. The zero-order chi connectivity index (χ0) is 23.1. The number of aliphatic carboxylic acids is 2. The van der Waals surface area contributed by atoms with E-state index < -0.39 is 47.9 Å². The van der Waals surface area contributed by atoms with E-state index in [1.165, 1.54) is 13.8 Å².